The summed E-state index contributed by atoms with van der Waals surface area (Å²) in [4.78, 5) is 16.9. The van der Waals surface area contributed by atoms with Crippen LogP contribution in [0.5, 0.6) is 5.75 Å². The van der Waals surface area contributed by atoms with Crippen LogP contribution in [0, 0.1) is 0 Å². The summed E-state index contributed by atoms with van der Waals surface area (Å²) in [6.07, 6.45) is 0.279. The van der Waals surface area contributed by atoms with E-state index in [2.05, 4.69) is 58.2 Å². The Bertz CT molecular complexity index is 1740. The highest BCUT2D eigenvalue weighted by Gasteiger charge is 2.14. The predicted octanol–water partition coefficient (Wildman–Crippen LogP) is 7.51. The van der Waals surface area contributed by atoms with E-state index < -0.39 is 0 Å². The van der Waals surface area contributed by atoms with Crippen LogP contribution in [0.4, 0.5) is 11.4 Å². The van der Waals surface area contributed by atoms with Crippen LogP contribution in [-0.2, 0) is 4.79 Å². The molecule has 0 spiro atoms. The summed E-state index contributed by atoms with van der Waals surface area (Å²) in [7, 11) is 0. The molecule has 0 aliphatic carbocycles. The molecule has 2 heterocycles. The second-order valence-electron chi connectivity index (χ2n) is 8.13. The molecule has 0 saturated carbocycles. The van der Waals surface area contributed by atoms with Crippen molar-refractivity contribution in [2.75, 3.05) is 5.32 Å². The van der Waals surface area contributed by atoms with Crippen LogP contribution in [0.2, 0.25) is 5.02 Å². The number of carbonyl (C=O) groups excluding carboxylic acids is 1. The number of imidazole rings is 1. The minimum atomic E-state index is -0.320. The van der Waals surface area contributed by atoms with Gasteiger partial charge in [-0.2, -0.15) is 0 Å². The van der Waals surface area contributed by atoms with Gasteiger partial charge in [-0.25, -0.2) is 4.98 Å². The maximum Gasteiger partial charge on any atom is 0.310 e. The number of rotatable bonds is 4. The van der Waals surface area contributed by atoms with Crippen LogP contribution < -0.4 is 10.1 Å². The number of ether oxygens (including phenoxy) is 1. The van der Waals surface area contributed by atoms with Crippen molar-refractivity contribution in [2.45, 2.75) is 13.3 Å². The van der Waals surface area contributed by atoms with E-state index in [1.807, 2.05) is 18.2 Å². The van der Waals surface area contributed by atoms with Crippen molar-refractivity contribution in [3.63, 3.8) is 0 Å². The molecule has 2 aromatic heterocycles. The largest absolute Gasteiger partial charge is 0.424 e. The first kappa shape index (κ1) is 20.5. The molecule has 5 nitrogen and oxygen atoms in total. The number of carbonyl (C=O) groups is 1. The average molecular weight is 466 g/mol. The Morgan fingerprint density at radius 2 is 1.68 bits per heavy atom. The van der Waals surface area contributed by atoms with E-state index in [0.29, 0.717) is 16.5 Å². The fourth-order valence-electron chi connectivity index (χ4n) is 4.43. The Hall–Kier alpha value is -4.09. The van der Waals surface area contributed by atoms with Crippen molar-refractivity contribution >= 4 is 67.3 Å². The fourth-order valence-corrected chi connectivity index (χ4v) is 4.59. The Balaban J connectivity index is 1.51. The van der Waals surface area contributed by atoms with Crippen LogP contribution >= 0.6 is 11.6 Å². The maximum atomic E-state index is 11.9. The highest BCUT2D eigenvalue weighted by molar-refractivity contribution is 6.30. The smallest absolute Gasteiger partial charge is 0.310 e. The average Bonchev–Trinajstić information content (AvgIpc) is 3.25. The van der Waals surface area contributed by atoms with Crippen LogP contribution in [0.15, 0.2) is 84.9 Å². The summed E-state index contributed by atoms with van der Waals surface area (Å²) in [5, 5.41) is 7.34. The molecular formula is C28H20ClN3O2. The maximum absolute atomic E-state index is 11.9. The normalized spacial score (nSPS) is 11.5. The Morgan fingerprint density at radius 3 is 2.50 bits per heavy atom. The van der Waals surface area contributed by atoms with Crippen LogP contribution in [0.25, 0.3) is 38.4 Å². The van der Waals surface area contributed by atoms with Crippen molar-refractivity contribution in [1.82, 2.24) is 9.38 Å². The van der Waals surface area contributed by atoms with Gasteiger partial charge in [-0.05, 0) is 41.8 Å². The summed E-state index contributed by atoms with van der Waals surface area (Å²) >= 11 is 6.13. The molecule has 0 unspecified atom stereocenters. The van der Waals surface area contributed by atoms with Gasteiger partial charge in [0.05, 0.1) is 22.2 Å². The van der Waals surface area contributed by atoms with E-state index in [4.69, 9.17) is 21.3 Å². The molecule has 0 saturated heterocycles. The zero-order valence-electron chi connectivity index (χ0n) is 18.4. The van der Waals surface area contributed by atoms with Gasteiger partial charge in [0, 0.05) is 34.0 Å². The number of benzene rings is 4. The third-order valence-corrected chi connectivity index (χ3v) is 6.23. The van der Waals surface area contributed by atoms with Gasteiger partial charge < -0.3 is 10.1 Å². The third kappa shape index (κ3) is 3.33. The number of nitrogens with zero attached hydrogens (tertiary/aromatic N) is 2. The first-order valence-corrected chi connectivity index (χ1v) is 11.5. The second kappa shape index (κ2) is 8.04. The molecule has 34 heavy (non-hydrogen) atoms. The summed E-state index contributed by atoms with van der Waals surface area (Å²) < 4.78 is 7.69. The van der Waals surface area contributed by atoms with E-state index in [-0.39, 0.29) is 12.4 Å². The quantitative estimate of drug-likeness (QED) is 0.166. The summed E-state index contributed by atoms with van der Waals surface area (Å²) in [5.74, 6) is 0.0753. The SMILES string of the molecule is CCC(=O)Oc1cc(Cl)ccc1Nc1ccc2c(c1)nc1c3ccccc3c3ccccc3n21. The summed E-state index contributed by atoms with van der Waals surface area (Å²) in [5.41, 5.74) is 5.42. The zero-order valence-corrected chi connectivity index (χ0v) is 19.1. The lowest BCUT2D eigenvalue weighted by atomic mass is 10.1. The second-order valence-corrected chi connectivity index (χ2v) is 8.57. The molecule has 0 fully saturated rings. The number of anilines is 2. The van der Waals surface area contributed by atoms with Gasteiger partial charge in [0.1, 0.15) is 5.65 Å². The first-order valence-electron chi connectivity index (χ1n) is 11.1. The lowest BCUT2D eigenvalue weighted by Crippen LogP contribution is -2.07. The molecule has 0 amide bonds. The highest BCUT2D eigenvalue weighted by Crippen LogP contribution is 2.35. The predicted molar refractivity (Wildman–Crippen MR) is 138 cm³/mol. The molecule has 1 N–H and O–H groups in total. The van der Waals surface area contributed by atoms with E-state index in [1.165, 1.54) is 10.8 Å². The molecule has 4 aromatic carbocycles. The number of hydrogen-bond donors (Lipinski definition) is 1. The molecule has 0 aliphatic rings. The van der Waals surface area contributed by atoms with Gasteiger partial charge in [0.25, 0.3) is 0 Å². The molecule has 0 bridgehead atoms. The minimum absolute atomic E-state index is 0.279. The summed E-state index contributed by atoms with van der Waals surface area (Å²) in [6.45, 7) is 1.75. The standard InChI is InChI=1S/C28H20ClN3O2/c1-2-27(33)34-26-15-17(29)11-13-22(26)30-18-12-14-25-23(16-18)31-28-21-9-4-3-7-19(21)20-8-5-6-10-24(20)32(25)28/h3-16,30H,2H2,1H3. The summed E-state index contributed by atoms with van der Waals surface area (Å²) in [6, 6.07) is 28.0. The molecule has 6 heteroatoms. The molecule has 0 aliphatic heterocycles. The number of hydrogen-bond acceptors (Lipinski definition) is 4. The number of fused-ring (bicyclic) bond motifs is 8. The minimum Gasteiger partial charge on any atom is -0.424 e. The molecule has 6 aromatic rings. The first-order chi connectivity index (χ1) is 16.6. The van der Waals surface area contributed by atoms with Crippen molar-refractivity contribution in [3.05, 3.63) is 90.0 Å². The number of pyridine rings is 1. The fraction of sp³-hybridized carbons (Fsp3) is 0.0714. The molecule has 166 valence electrons. The number of halogens is 1. The van der Waals surface area contributed by atoms with Crippen molar-refractivity contribution in [1.29, 1.82) is 0 Å². The van der Waals surface area contributed by atoms with E-state index in [1.54, 1.807) is 25.1 Å². The molecule has 0 radical (unpaired) electrons. The van der Waals surface area contributed by atoms with Crippen molar-refractivity contribution in [3.8, 4) is 5.75 Å². The number of esters is 1. The van der Waals surface area contributed by atoms with E-state index in [0.717, 1.165) is 33.3 Å². The lowest BCUT2D eigenvalue weighted by Gasteiger charge is -2.12. The lowest BCUT2D eigenvalue weighted by molar-refractivity contribution is -0.133. The molecule has 6 rings (SSSR count). The van der Waals surface area contributed by atoms with Gasteiger partial charge in [0.2, 0.25) is 0 Å². The monoisotopic (exact) mass is 465 g/mol. The van der Waals surface area contributed by atoms with Crippen molar-refractivity contribution in [2.24, 2.45) is 0 Å². The van der Waals surface area contributed by atoms with Crippen molar-refractivity contribution < 1.29 is 9.53 Å². The van der Waals surface area contributed by atoms with Gasteiger partial charge >= 0.3 is 5.97 Å². The Kier molecular flexibility index (Phi) is 4.85. The number of aromatic nitrogens is 2. The van der Waals surface area contributed by atoms with Gasteiger partial charge in [0.15, 0.2) is 5.75 Å². The topological polar surface area (TPSA) is 55.6 Å². The number of para-hydroxylation sites is 1. The Labute approximate surface area is 200 Å². The van der Waals surface area contributed by atoms with Gasteiger partial charge in [-0.1, -0.05) is 61.0 Å². The van der Waals surface area contributed by atoms with Gasteiger partial charge in [-0.15, -0.1) is 0 Å². The zero-order chi connectivity index (χ0) is 23.2. The molecule has 0 atom stereocenters. The van der Waals surface area contributed by atoms with E-state index in [9.17, 15) is 4.79 Å². The van der Waals surface area contributed by atoms with Crippen LogP contribution in [0.1, 0.15) is 13.3 Å². The van der Waals surface area contributed by atoms with Crippen LogP contribution in [-0.4, -0.2) is 15.4 Å². The van der Waals surface area contributed by atoms with Gasteiger partial charge in [-0.3, -0.25) is 9.20 Å². The van der Waals surface area contributed by atoms with E-state index >= 15 is 0 Å². The Morgan fingerprint density at radius 1 is 0.912 bits per heavy atom. The highest BCUT2D eigenvalue weighted by atomic mass is 35.5. The van der Waals surface area contributed by atoms with Crippen LogP contribution in [0.3, 0.4) is 0 Å². The number of nitrogens with one attached hydrogen (secondary N) is 1. The third-order valence-electron chi connectivity index (χ3n) is 5.99. The molecular weight excluding hydrogens is 446 g/mol.